The van der Waals surface area contributed by atoms with Crippen LogP contribution in [0.25, 0.3) is 10.9 Å². The van der Waals surface area contributed by atoms with E-state index in [2.05, 4.69) is 21.1 Å². The van der Waals surface area contributed by atoms with Crippen LogP contribution in [0, 0.1) is 6.92 Å². The number of carbonyl (C=O) groups excluding carboxylic acids is 1. The molecule has 122 valence electrons. The number of anilines is 2. The number of aryl methyl sites for hydroxylation is 2. The van der Waals surface area contributed by atoms with Crippen LogP contribution < -0.4 is 9.80 Å². The minimum Gasteiger partial charge on any atom is -0.345 e. The van der Waals surface area contributed by atoms with Crippen molar-refractivity contribution >= 4 is 28.3 Å². The van der Waals surface area contributed by atoms with Crippen LogP contribution in [0.5, 0.6) is 0 Å². The topological polar surface area (TPSA) is 67.2 Å². The van der Waals surface area contributed by atoms with Crippen molar-refractivity contribution in [1.29, 1.82) is 0 Å². The van der Waals surface area contributed by atoms with E-state index in [9.17, 15) is 4.79 Å². The minimum absolute atomic E-state index is 0.0497. The molecule has 2 aromatic heterocycles. The van der Waals surface area contributed by atoms with Crippen LogP contribution in [-0.4, -0.2) is 45.3 Å². The van der Waals surface area contributed by atoms with Crippen molar-refractivity contribution < 1.29 is 4.79 Å². The fraction of sp³-hybridized carbons (Fsp3) is 0.294. The van der Waals surface area contributed by atoms with Crippen molar-refractivity contribution in [2.75, 3.05) is 29.4 Å². The zero-order valence-corrected chi connectivity index (χ0v) is 13.7. The molecule has 0 atom stereocenters. The third-order valence-electron chi connectivity index (χ3n) is 4.29. The third kappa shape index (κ3) is 2.47. The number of aromatic nitrogens is 4. The number of fused-ring (bicyclic) bond motifs is 1. The Hall–Kier alpha value is -2.96. The Morgan fingerprint density at radius 2 is 2.04 bits per heavy atom. The number of benzene rings is 1. The molecule has 1 fully saturated rings. The van der Waals surface area contributed by atoms with Crippen molar-refractivity contribution in [2.45, 2.75) is 6.92 Å². The van der Waals surface area contributed by atoms with Gasteiger partial charge in [-0.3, -0.25) is 9.48 Å². The molecule has 1 aromatic carbocycles. The molecule has 1 aliphatic heterocycles. The predicted molar refractivity (Wildman–Crippen MR) is 92.0 cm³/mol. The SMILES string of the molecule is Cc1ccc2ncnc(N3CCN(c4cnn(C)c4)C(=O)C3)c2c1. The number of hydrogen-bond acceptors (Lipinski definition) is 5. The molecule has 1 amide bonds. The fourth-order valence-electron chi connectivity index (χ4n) is 3.08. The van der Waals surface area contributed by atoms with Crippen molar-refractivity contribution in [3.8, 4) is 0 Å². The Kier molecular flexibility index (Phi) is 3.41. The highest BCUT2D eigenvalue weighted by molar-refractivity contribution is 5.99. The van der Waals surface area contributed by atoms with E-state index in [0.717, 1.165) is 34.5 Å². The first-order chi connectivity index (χ1) is 11.6. The zero-order chi connectivity index (χ0) is 16.7. The molecule has 0 aliphatic carbocycles. The summed E-state index contributed by atoms with van der Waals surface area (Å²) in [5, 5.41) is 5.13. The van der Waals surface area contributed by atoms with Gasteiger partial charge in [0.25, 0.3) is 0 Å². The summed E-state index contributed by atoms with van der Waals surface area (Å²) in [7, 11) is 1.85. The van der Waals surface area contributed by atoms with Gasteiger partial charge in [0.1, 0.15) is 12.1 Å². The predicted octanol–water partition coefficient (Wildman–Crippen LogP) is 1.52. The third-order valence-corrected chi connectivity index (χ3v) is 4.29. The van der Waals surface area contributed by atoms with E-state index < -0.39 is 0 Å². The molecule has 0 saturated carbocycles. The lowest BCUT2D eigenvalue weighted by Gasteiger charge is -2.34. The van der Waals surface area contributed by atoms with Crippen LogP contribution in [0.3, 0.4) is 0 Å². The molecule has 7 nitrogen and oxygen atoms in total. The highest BCUT2D eigenvalue weighted by atomic mass is 16.2. The molecule has 0 radical (unpaired) electrons. The number of hydrogen-bond donors (Lipinski definition) is 0. The smallest absolute Gasteiger partial charge is 0.246 e. The van der Waals surface area contributed by atoms with Gasteiger partial charge in [-0.15, -0.1) is 0 Å². The Morgan fingerprint density at radius 3 is 2.79 bits per heavy atom. The number of piperazine rings is 1. The van der Waals surface area contributed by atoms with E-state index in [4.69, 9.17) is 0 Å². The van der Waals surface area contributed by atoms with E-state index in [1.54, 1.807) is 22.1 Å². The van der Waals surface area contributed by atoms with E-state index in [-0.39, 0.29) is 5.91 Å². The molecule has 0 spiro atoms. The summed E-state index contributed by atoms with van der Waals surface area (Å²) in [5.74, 6) is 0.872. The largest absolute Gasteiger partial charge is 0.345 e. The van der Waals surface area contributed by atoms with Gasteiger partial charge in [-0.25, -0.2) is 9.97 Å². The molecule has 1 aliphatic rings. The normalized spacial score (nSPS) is 15.3. The molecule has 3 aromatic rings. The molecular formula is C17H18N6O. The van der Waals surface area contributed by atoms with E-state index in [1.165, 1.54) is 0 Å². The quantitative estimate of drug-likeness (QED) is 0.716. The first-order valence-corrected chi connectivity index (χ1v) is 7.87. The standard InChI is InChI=1S/C17H18N6O/c1-12-3-4-15-14(7-12)17(19-11-18-15)22-5-6-23(16(24)10-22)13-8-20-21(2)9-13/h3-4,7-9,11H,5-6,10H2,1-2H3. The van der Waals surface area contributed by atoms with Gasteiger partial charge in [0.05, 0.1) is 23.9 Å². The van der Waals surface area contributed by atoms with Gasteiger partial charge < -0.3 is 9.80 Å². The van der Waals surface area contributed by atoms with Crippen LogP contribution >= 0.6 is 0 Å². The molecular weight excluding hydrogens is 304 g/mol. The monoisotopic (exact) mass is 322 g/mol. The van der Waals surface area contributed by atoms with Gasteiger partial charge in [-0.05, 0) is 19.1 Å². The van der Waals surface area contributed by atoms with E-state index in [0.29, 0.717) is 13.1 Å². The maximum Gasteiger partial charge on any atom is 0.246 e. The van der Waals surface area contributed by atoms with Crippen LogP contribution in [0.15, 0.2) is 36.9 Å². The Balaban J connectivity index is 1.64. The summed E-state index contributed by atoms with van der Waals surface area (Å²) in [5.41, 5.74) is 2.89. The molecule has 1 saturated heterocycles. The summed E-state index contributed by atoms with van der Waals surface area (Å²) in [6, 6.07) is 6.09. The first kappa shape index (κ1) is 14.6. The summed E-state index contributed by atoms with van der Waals surface area (Å²) >= 11 is 0. The maximum atomic E-state index is 12.6. The molecule has 0 bridgehead atoms. The van der Waals surface area contributed by atoms with Gasteiger partial charge in [0, 0.05) is 31.7 Å². The lowest BCUT2D eigenvalue weighted by atomic mass is 10.1. The second-order valence-corrected chi connectivity index (χ2v) is 6.06. The maximum absolute atomic E-state index is 12.6. The van der Waals surface area contributed by atoms with E-state index >= 15 is 0 Å². The summed E-state index contributed by atoms with van der Waals surface area (Å²) in [4.78, 5) is 25.2. The van der Waals surface area contributed by atoms with Gasteiger partial charge in [-0.1, -0.05) is 11.6 Å². The highest BCUT2D eigenvalue weighted by Crippen LogP contribution is 2.26. The van der Waals surface area contributed by atoms with Crippen molar-refractivity contribution in [1.82, 2.24) is 19.7 Å². The number of amides is 1. The second-order valence-electron chi connectivity index (χ2n) is 6.06. The van der Waals surface area contributed by atoms with Crippen LogP contribution in [0.1, 0.15) is 5.56 Å². The number of rotatable bonds is 2. The number of nitrogens with zero attached hydrogens (tertiary/aromatic N) is 6. The molecule has 24 heavy (non-hydrogen) atoms. The van der Waals surface area contributed by atoms with Gasteiger partial charge in [0.2, 0.25) is 5.91 Å². The fourth-order valence-corrected chi connectivity index (χ4v) is 3.08. The Morgan fingerprint density at radius 1 is 1.17 bits per heavy atom. The van der Waals surface area contributed by atoms with Crippen LogP contribution in [-0.2, 0) is 11.8 Å². The van der Waals surface area contributed by atoms with Crippen molar-refractivity contribution in [3.63, 3.8) is 0 Å². The summed E-state index contributed by atoms with van der Waals surface area (Å²) in [6.45, 7) is 3.68. The molecule has 4 rings (SSSR count). The van der Waals surface area contributed by atoms with E-state index in [1.807, 2.05) is 37.2 Å². The Labute approximate surface area is 139 Å². The highest BCUT2D eigenvalue weighted by Gasteiger charge is 2.27. The first-order valence-electron chi connectivity index (χ1n) is 7.87. The van der Waals surface area contributed by atoms with Crippen molar-refractivity contribution in [3.05, 3.63) is 42.5 Å². The lowest BCUT2D eigenvalue weighted by Crippen LogP contribution is -2.50. The number of carbonyl (C=O) groups is 1. The van der Waals surface area contributed by atoms with Crippen molar-refractivity contribution in [2.24, 2.45) is 7.05 Å². The van der Waals surface area contributed by atoms with Gasteiger partial charge >= 0.3 is 0 Å². The zero-order valence-electron chi connectivity index (χ0n) is 13.7. The van der Waals surface area contributed by atoms with Gasteiger partial charge in [-0.2, -0.15) is 5.10 Å². The average Bonchev–Trinajstić information content (AvgIpc) is 3.00. The summed E-state index contributed by atoms with van der Waals surface area (Å²) in [6.07, 6.45) is 5.14. The minimum atomic E-state index is 0.0497. The van der Waals surface area contributed by atoms with Crippen LogP contribution in [0.2, 0.25) is 0 Å². The molecule has 7 heteroatoms. The molecule has 0 unspecified atom stereocenters. The second kappa shape index (κ2) is 5.59. The van der Waals surface area contributed by atoms with Gasteiger partial charge in [0.15, 0.2) is 0 Å². The summed E-state index contributed by atoms with van der Waals surface area (Å²) < 4.78 is 1.70. The van der Waals surface area contributed by atoms with Crippen LogP contribution in [0.4, 0.5) is 11.5 Å². The Bertz CT molecular complexity index is 918. The molecule has 0 N–H and O–H groups in total. The molecule has 3 heterocycles. The average molecular weight is 322 g/mol. The lowest BCUT2D eigenvalue weighted by molar-refractivity contribution is -0.117.